The fourth-order valence-electron chi connectivity index (χ4n) is 4.72. The van der Waals surface area contributed by atoms with E-state index in [4.69, 9.17) is 4.74 Å². The molecule has 166 valence electrons. The van der Waals surface area contributed by atoms with Crippen LogP contribution in [-0.4, -0.2) is 53.7 Å². The van der Waals surface area contributed by atoms with E-state index >= 15 is 0 Å². The largest absolute Gasteiger partial charge is 0.491 e. The van der Waals surface area contributed by atoms with Gasteiger partial charge in [-0.15, -0.1) is 0 Å². The molecule has 4 rings (SSSR count). The average Bonchev–Trinajstić information content (AvgIpc) is 3.06. The van der Waals surface area contributed by atoms with E-state index in [1.165, 1.54) is 12.0 Å². The molecule has 0 atom stereocenters. The molecular formula is C26H35N3O2. The fraction of sp³-hybridized carbons (Fsp3) is 0.500. The Morgan fingerprint density at radius 2 is 1.71 bits per heavy atom. The second-order valence-electron chi connectivity index (χ2n) is 9.31. The lowest BCUT2D eigenvalue weighted by molar-refractivity contribution is 0.147. The number of ether oxygens (including phenoxy) is 1. The van der Waals surface area contributed by atoms with Gasteiger partial charge in [0, 0.05) is 26.2 Å². The number of hydrogen-bond donors (Lipinski definition) is 1. The van der Waals surface area contributed by atoms with Gasteiger partial charge in [-0.1, -0.05) is 42.5 Å². The van der Waals surface area contributed by atoms with E-state index in [2.05, 4.69) is 52.7 Å². The number of amides is 2. The van der Waals surface area contributed by atoms with E-state index in [-0.39, 0.29) is 17.7 Å². The van der Waals surface area contributed by atoms with Gasteiger partial charge in [-0.05, 0) is 69.3 Å². The van der Waals surface area contributed by atoms with Crippen LogP contribution >= 0.6 is 0 Å². The number of carbonyl (C=O) groups is 1. The lowest BCUT2D eigenvalue weighted by atomic mass is 9.88. The summed E-state index contributed by atoms with van der Waals surface area (Å²) in [5, 5.41) is 3.32. The van der Waals surface area contributed by atoms with Crippen molar-refractivity contribution < 1.29 is 9.53 Å². The summed E-state index contributed by atoms with van der Waals surface area (Å²) in [6.45, 7) is 8.75. The molecule has 0 bridgehead atoms. The van der Waals surface area contributed by atoms with Crippen LogP contribution < -0.4 is 10.1 Å². The summed E-state index contributed by atoms with van der Waals surface area (Å²) in [5.41, 5.74) is 2.49. The van der Waals surface area contributed by atoms with Gasteiger partial charge in [-0.2, -0.15) is 0 Å². The Kier molecular flexibility index (Phi) is 6.81. The van der Waals surface area contributed by atoms with Crippen LogP contribution in [0.4, 0.5) is 4.79 Å². The van der Waals surface area contributed by atoms with Crippen LogP contribution in [0.5, 0.6) is 5.75 Å². The van der Waals surface area contributed by atoms with E-state index < -0.39 is 0 Å². The quantitative estimate of drug-likeness (QED) is 0.684. The van der Waals surface area contributed by atoms with Crippen molar-refractivity contribution in [2.24, 2.45) is 0 Å². The lowest BCUT2D eigenvalue weighted by Gasteiger charge is -2.38. The minimum atomic E-state index is -0.0618. The van der Waals surface area contributed by atoms with Gasteiger partial charge in [0.1, 0.15) is 5.75 Å². The first-order valence-electron chi connectivity index (χ1n) is 11.6. The minimum Gasteiger partial charge on any atom is -0.491 e. The summed E-state index contributed by atoms with van der Waals surface area (Å²) in [5.74, 6) is 0.876. The van der Waals surface area contributed by atoms with Crippen LogP contribution in [0.2, 0.25) is 0 Å². The molecule has 2 fully saturated rings. The van der Waals surface area contributed by atoms with Crippen molar-refractivity contribution in [3.63, 3.8) is 0 Å². The highest BCUT2D eigenvalue weighted by molar-refractivity contribution is 5.78. The zero-order chi connectivity index (χ0) is 21.7. The van der Waals surface area contributed by atoms with Crippen LogP contribution in [0.15, 0.2) is 54.6 Å². The van der Waals surface area contributed by atoms with Crippen LogP contribution in [0.1, 0.15) is 44.2 Å². The summed E-state index contributed by atoms with van der Waals surface area (Å²) in [6, 6.07) is 18.9. The number of likely N-dealkylation sites (tertiary alicyclic amines) is 1. The predicted octanol–water partition coefficient (Wildman–Crippen LogP) is 4.47. The first-order valence-corrected chi connectivity index (χ1v) is 11.6. The Balaban J connectivity index is 1.23. The van der Waals surface area contributed by atoms with Crippen LogP contribution in [0, 0.1) is 0 Å². The Morgan fingerprint density at radius 3 is 2.39 bits per heavy atom. The van der Waals surface area contributed by atoms with Crippen molar-refractivity contribution in [2.45, 2.75) is 57.7 Å². The first kappa shape index (κ1) is 21.7. The molecule has 5 nitrogen and oxygen atoms in total. The van der Waals surface area contributed by atoms with Crippen LogP contribution in [0.25, 0.3) is 0 Å². The van der Waals surface area contributed by atoms with Gasteiger partial charge in [0.25, 0.3) is 0 Å². The molecule has 0 aromatic heterocycles. The number of carbonyl (C=O) groups excluding carboxylic acids is 1. The molecule has 1 spiro atoms. The van der Waals surface area contributed by atoms with Crippen molar-refractivity contribution in [1.82, 2.24) is 15.1 Å². The summed E-state index contributed by atoms with van der Waals surface area (Å²) >= 11 is 0. The monoisotopic (exact) mass is 421 g/mol. The molecule has 31 heavy (non-hydrogen) atoms. The Hall–Kier alpha value is -2.53. The molecule has 5 heteroatoms. The molecule has 2 saturated heterocycles. The van der Waals surface area contributed by atoms with Crippen LogP contribution in [-0.2, 0) is 13.0 Å². The molecule has 0 radical (unpaired) electrons. The highest BCUT2D eigenvalue weighted by atomic mass is 16.5. The fourth-order valence-corrected chi connectivity index (χ4v) is 4.72. The molecule has 0 unspecified atom stereocenters. The molecule has 2 aliphatic heterocycles. The third-order valence-electron chi connectivity index (χ3n) is 6.42. The van der Waals surface area contributed by atoms with Crippen LogP contribution in [0.3, 0.4) is 0 Å². The number of nitrogens with one attached hydrogen (secondary N) is 1. The topological polar surface area (TPSA) is 44.8 Å². The van der Waals surface area contributed by atoms with E-state index in [1.807, 2.05) is 30.9 Å². The SMILES string of the molecule is CC(C)Oc1ccc(CN2CC3(CCN(CCCc4ccccc4)CC3)NC2=O)cc1. The van der Waals surface area contributed by atoms with E-state index in [1.54, 1.807) is 0 Å². The first-order chi connectivity index (χ1) is 15.0. The number of nitrogens with zero attached hydrogens (tertiary/aromatic N) is 2. The number of piperidine rings is 1. The molecule has 2 heterocycles. The summed E-state index contributed by atoms with van der Waals surface area (Å²) in [4.78, 5) is 17.2. The molecule has 0 aliphatic carbocycles. The van der Waals surface area contributed by atoms with Crippen molar-refractivity contribution in [3.8, 4) is 5.75 Å². The second kappa shape index (κ2) is 9.73. The molecule has 2 aromatic rings. The normalized spacial score (nSPS) is 18.5. The van der Waals surface area contributed by atoms with Gasteiger partial charge in [-0.25, -0.2) is 4.79 Å². The smallest absolute Gasteiger partial charge is 0.318 e. The zero-order valence-corrected chi connectivity index (χ0v) is 18.8. The maximum Gasteiger partial charge on any atom is 0.318 e. The third-order valence-corrected chi connectivity index (χ3v) is 6.42. The van der Waals surface area contributed by atoms with Gasteiger partial charge in [0.15, 0.2) is 0 Å². The number of hydrogen-bond acceptors (Lipinski definition) is 3. The van der Waals surface area contributed by atoms with Crippen molar-refractivity contribution in [2.75, 3.05) is 26.2 Å². The molecule has 2 aliphatic rings. The van der Waals surface area contributed by atoms with Gasteiger partial charge in [0.05, 0.1) is 11.6 Å². The molecule has 0 saturated carbocycles. The Labute approximate surface area is 186 Å². The van der Waals surface area contributed by atoms with Gasteiger partial charge >= 0.3 is 6.03 Å². The Bertz CT molecular complexity index is 843. The van der Waals surface area contributed by atoms with Gasteiger partial charge < -0.3 is 19.9 Å². The van der Waals surface area contributed by atoms with Crippen molar-refractivity contribution >= 4 is 6.03 Å². The molecule has 2 amide bonds. The number of urea groups is 1. The number of aryl methyl sites for hydroxylation is 1. The predicted molar refractivity (Wildman–Crippen MR) is 124 cm³/mol. The standard InChI is InChI=1S/C26H35N3O2/c1-21(2)31-24-12-10-23(11-13-24)19-29-20-26(27-25(29)30)14-17-28(18-15-26)16-6-9-22-7-4-3-5-8-22/h3-5,7-8,10-13,21H,6,9,14-20H2,1-2H3,(H,27,30). The minimum absolute atomic E-state index is 0.0618. The van der Waals surface area contributed by atoms with E-state index in [9.17, 15) is 4.79 Å². The second-order valence-corrected chi connectivity index (χ2v) is 9.31. The van der Waals surface area contributed by atoms with Gasteiger partial charge in [-0.3, -0.25) is 0 Å². The van der Waals surface area contributed by atoms with E-state index in [0.29, 0.717) is 6.54 Å². The maximum absolute atomic E-state index is 12.7. The average molecular weight is 422 g/mol. The molecule has 1 N–H and O–H groups in total. The number of rotatable bonds is 8. The summed E-state index contributed by atoms with van der Waals surface area (Å²) < 4.78 is 5.72. The highest BCUT2D eigenvalue weighted by Gasteiger charge is 2.44. The van der Waals surface area contributed by atoms with E-state index in [0.717, 1.165) is 56.8 Å². The molecular weight excluding hydrogens is 386 g/mol. The molecule has 2 aromatic carbocycles. The lowest BCUT2D eigenvalue weighted by Crippen LogP contribution is -2.52. The highest BCUT2D eigenvalue weighted by Crippen LogP contribution is 2.29. The van der Waals surface area contributed by atoms with Crippen molar-refractivity contribution in [1.29, 1.82) is 0 Å². The van der Waals surface area contributed by atoms with Crippen molar-refractivity contribution in [3.05, 3.63) is 65.7 Å². The third kappa shape index (κ3) is 5.79. The maximum atomic E-state index is 12.7. The van der Waals surface area contributed by atoms with Gasteiger partial charge in [0.2, 0.25) is 0 Å². The zero-order valence-electron chi connectivity index (χ0n) is 18.8. The summed E-state index contributed by atoms with van der Waals surface area (Å²) in [7, 11) is 0. The Morgan fingerprint density at radius 1 is 1.00 bits per heavy atom. The summed E-state index contributed by atoms with van der Waals surface area (Å²) in [6.07, 6.45) is 4.54. The number of benzene rings is 2.